The van der Waals surface area contributed by atoms with Crippen molar-refractivity contribution in [3.63, 3.8) is 0 Å². The lowest BCUT2D eigenvalue weighted by Crippen LogP contribution is -2.58. The fourth-order valence-corrected chi connectivity index (χ4v) is 1.87. The summed E-state index contributed by atoms with van der Waals surface area (Å²) in [6.07, 6.45) is -0.953. The van der Waals surface area contributed by atoms with Crippen molar-refractivity contribution in [2.75, 3.05) is 13.1 Å². The number of rotatable bonds is 0. The molecule has 1 N–H and O–H groups in total. The van der Waals surface area contributed by atoms with Gasteiger partial charge in [0.2, 0.25) is 0 Å². The molecule has 1 aliphatic rings. The summed E-state index contributed by atoms with van der Waals surface area (Å²) in [5, 5.41) is 8.32. The molecule has 0 saturated carbocycles. The van der Waals surface area contributed by atoms with E-state index in [1.54, 1.807) is 13.8 Å². The van der Waals surface area contributed by atoms with Gasteiger partial charge in [0.1, 0.15) is 0 Å². The second kappa shape index (κ2) is 4.04. The molecule has 2 atom stereocenters. The van der Waals surface area contributed by atoms with Crippen LogP contribution in [-0.2, 0) is 0 Å². The minimum Gasteiger partial charge on any atom is -0.465 e. The van der Waals surface area contributed by atoms with Gasteiger partial charge in [-0.15, -0.1) is 0 Å². The Balaban J connectivity index is 2.71. The van der Waals surface area contributed by atoms with Gasteiger partial charge in [-0.3, -0.25) is 4.79 Å². The molecule has 0 radical (unpaired) electrons. The molecule has 0 aliphatic carbocycles. The predicted octanol–water partition coefficient (Wildman–Crippen LogP) is 1.42. The van der Waals surface area contributed by atoms with Crippen LogP contribution in [0.3, 0.4) is 0 Å². The summed E-state index contributed by atoms with van der Waals surface area (Å²) >= 11 is 5.37. The van der Waals surface area contributed by atoms with Crippen LogP contribution < -0.4 is 0 Å². The number of nitrogens with zero attached hydrogens (tertiary/aromatic N) is 2. The van der Waals surface area contributed by atoms with E-state index in [9.17, 15) is 9.59 Å². The number of carboxylic acid groups (broad SMARTS) is 1. The average Bonchev–Trinajstić information content (AvgIpc) is 2.07. The fraction of sp³-hybridized carbons (Fsp3) is 0.750. The van der Waals surface area contributed by atoms with Crippen molar-refractivity contribution in [1.82, 2.24) is 9.80 Å². The fourth-order valence-electron chi connectivity index (χ4n) is 1.64. The van der Waals surface area contributed by atoms with Crippen molar-refractivity contribution in [1.29, 1.82) is 0 Å². The van der Waals surface area contributed by atoms with Crippen LogP contribution in [0.4, 0.5) is 9.59 Å². The third-order valence-corrected chi connectivity index (χ3v) is 2.67. The highest BCUT2D eigenvalue weighted by Gasteiger charge is 2.33. The Kier molecular flexibility index (Phi) is 3.21. The molecule has 6 heteroatoms. The van der Waals surface area contributed by atoms with Crippen LogP contribution in [-0.4, -0.2) is 51.5 Å². The van der Waals surface area contributed by atoms with E-state index in [1.165, 1.54) is 9.80 Å². The molecule has 1 unspecified atom stereocenters. The van der Waals surface area contributed by atoms with Gasteiger partial charge in [0.05, 0.1) is 0 Å². The van der Waals surface area contributed by atoms with Crippen molar-refractivity contribution in [2.45, 2.75) is 25.9 Å². The number of amides is 2. The summed E-state index contributed by atoms with van der Waals surface area (Å²) < 4.78 is 0. The molecule has 80 valence electrons. The molecule has 1 rings (SSSR count). The molecule has 1 fully saturated rings. The van der Waals surface area contributed by atoms with Gasteiger partial charge in [-0.1, -0.05) is 0 Å². The van der Waals surface area contributed by atoms with Crippen LogP contribution in [0.15, 0.2) is 0 Å². The molecule has 0 bridgehead atoms. The highest BCUT2D eigenvalue weighted by Crippen LogP contribution is 2.16. The minimum absolute atomic E-state index is 0.160. The van der Waals surface area contributed by atoms with Crippen molar-refractivity contribution in [3.8, 4) is 0 Å². The highest BCUT2D eigenvalue weighted by molar-refractivity contribution is 6.62. The van der Waals surface area contributed by atoms with Gasteiger partial charge in [0.25, 0.3) is 0 Å². The highest BCUT2D eigenvalue weighted by atomic mass is 35.5. The van der Waals surface area contributed by atoms with Crippen molar-refractivity contribution < 1.29 is 14.7 Å². The first kappa shape index (κ1) is 11.1. The number of hydrogen-bond donors (Lipinski definition) is 1. The monoisotopic (exact) mass is 220 g/mol. The number of carbonyl (C=O) groups excluding carboxylic acids is 1. The molecule has 14 heavy (non-hydrogen) atoms. The Morgan fingerprint density at radius 1 is 1.21 bits per heavy atom. The summed E-state index contributed by atoms with van der Waals surface area (Å²) in [5.41, 5.74) is 0. The second-order valence-corrected chi connectivity index (χ2v) is 3.86. The number of piperazine rings is 1. The van der Waals surface area contributed by atoms with Gasteiger partial charge in [-0.25, -0.2) is 4.79 Å². The Hall–Kier alpha value is -0.970. The Labute approximate surface area is 87.2 Å². The lowest BCUT2D eigenvalue weighted by atomic mass is 10.1. The summed E-state index contributed by atoms with van der Waals surface area (Å²) in [4.78, 5) is 24.5. The van der Waals surface area contributed by atoms with Gasteiger partial charge in [-0.05, 0) is 25.4 Å². The molecule has 1 aliphatic heterocycles. The van der Waals surface area contributed by atoms with Gasteiger partial charge in [0.15, 0.2) is 0 Å². The molecule has 1 heterocycles. The number of carbonyl (C=O) groups is 2. The zero-order valence-electron chi connectivity index (χ0n) is 8.11. The quantitative estimate of drug-likeness (QED) is 0.496. The first-order valence-corrected chi connectivity index (χ1v) is 4.77. The molecule has 5 nitrogen and oxygen atoms in total. The smallest absolute Gasteiger partial charge is 0.407 e. The van der Waals surface area contributed by atoms with E-state index in [2.05, 4.69) is 0 Å². The maximum atomic E-state index is 11.0. The van der Waals surface area contributed by atoms with Gasteiger partial charge < -0.3 is 14.9 Å². The second-order valence-electron chi connectivity index (χ2n) is 3.54. The van der Waals surface area contributed by atoms with Crippen molar-refractivity contribution in [3.05, 3.63) is 0 Å². The zero-order chi connectivity index (χ0) is 10.9. The summed E-state index contributed by atoms with van der Waals surface area (Å²) in [6.45, 7) is 4.21. The van der Waals surface area contributed by atoms with E-state index >= 15 is 0 Å². The van der Waals surface area contributed by atoms with E-state index in [0.717, 1.165) is 0 Å². The van der Waals surface area contributed by atoms with Crippen molar-refractivity contribution >= 4 is 23.1 Å². The number of hydrogen-bond acceptors (Lipinski definition) is 2. The van der Waals surface area contributed by atoms with Crippen LogP contribution in [0.2, 0.25) is 0 Å². The van der Waals surface area contributed by atoms with E-state index in [0.29, 0.717) is 13.1 Å². The Morgan fingerprint density at radius 2 is 1.64 bits per heavy atom. The number of halogens is 1. The van der Waals surface area contributed by atoms with Crippen LogP contribution >= 0.6 is 11.6 Å². The Morgan fingerprint density at radius 3 is 2.07 bits per heavy atom. The normalized spacial score (nSPS) is 27.6. The molecule has 0 aromatic carbocycles. The molecule has 0 aromatic heterocycles. The van der Waals surface area contributed by atoms with E-state index in [-0.39, 0.29) is 12.1 Å². The molecule has 1 saturated heterocycles. The first-order valence-electron chi connectivity index (χ1n) is 4.39. The zero-order valence-corrected chi connectivity index (χ0v) is 8.86. The van der Waals surface area contributed by atoms with E-state index in [1.807, 2.05) is 0 Å². The average molecular weight is 221 g/mol. The molecule has 2 amide bonds. The maximum absolute atomic E-state index is 11.0. The van der Waals surface area contributed by atoms with Crippen molar-refractivity contribution in [2.24, 2.45) is 0 Å². The molecule has 0 aromatic rings. The lowest BCUT2D eigenvalue weighted by molar-refractivity contribution is 0.0655. The maximum Gasteiger partial charge on any atom is 0.407 e. The summed E-state index contributed by atoms with van der Waals surface area (Å²) in [6, 6.07) is -0.362. The standard InChI is InChI=1S/C8H13ClN2O3/c1-5-4-11(8(13)14)6(2)3-10(5)7(9)12/h5-6H,3-4H2,1-2H3,(H,13,14)/t5?,6-/m0/s1. The molecular weight excluding hydrogens is 208 g/mol. The predicted molar refractivity (Wildman–Crippen MR) is 51.6 cm³/mol. The van der Waals surface area contributed by atoms with Gasteiger partial charge in [-0.2, -0.15) is 0 Å². The molecule has 0 spiro atoms. The van der Waals surface area contributed by atoms with Crippen LogP contribution in [0.5, 0.6) is 0 Å². The largest absolute Gasteiger partial charge is 0.465 e. The SMILES string of the molecule is CC1CN(C(=O)O)[C@@H](C)CN1C(=O)Cl. The van der Waals surface area contributed by atoms with Crippen LogP contribution in [0.25, 0.3) is 0 Å². The lowest BCUT2D eigenvalue weighted by Gasteiger charge is -2.41. The van der Waals surface area contributed by atoms with Gasteiger partial charge >= 0.3 is 11.5 Å². The third-order valence-electron chi connectivity index (χ3n) is 2.46. The Bertz CT molecular complexity index is 233. The van der Waals surface area contributed by atoms with E-state index in [4.69, 9.17) is 16.7 Å². The topological polar surface area (TPSA) is 60.9 Å². The summed E-state index contributed by atoms with van der Waals surface area (Å²) in [7, 11) is 0. The van der Waals surface area contributed by atoms with Crippen LogP contribution in [0.1, 0.15) is 13.8 Å². The van der Waals surface area contributed by atoms with Gasteiger partial charge in [0, 0.05) is 25.2 Å². The molecular formula is C8H13ClN2O3. The van der Waals surface area contributed by atoms with E-state index < -0.39 is 11.5 Å². The summed E-state index contributed by atoms with van der Waals surface area (Å²) in [5.74, 6) is 0. The minimum atomic E-state index is -0.953. The first-order chi connectivity index (χ1) is 6.43. The third kappa shape index (κ3) is 2.09. The van der Waals surface area contributed by atoms with Crippen LogP contribution in [0, 0.1) is 0 Å².